The molecule has 5 nitrogen and oxygen atoms in total. The van der Waals surface area contributed by atoms with Crippen molar-refractivity contribution in [2.24, 2.45) is 5.92 Å². The highest BCUT2D eigenvalue weighted by Gasteiger charge is 2.34. The first-order valence-corrected chi connectivity index (χ1v) is 6.12. The van der Waals surface area contributed by atoms with E-state index in [2.05, 4.69) is 0 Å². The number of likely N-dealkylation sites (tertiary alicyclic amines) is 1. The minimum Gasteiger partial charge on any atom is -0.466 e. The summed E-state index contributed by atoms with van der Waals surface area (Å²) in [5.74, 6) is 0.0512. The lowest BCUT2D eigenvalue weighted by molar-refractivity contribution is -0.144. The molecular weight excluding hydrogens is 222 g/mol. The molecule has 1 heterocycles. The normalized spacial score (nSPS) is 28.9. The number of hydrogen-bond acceptors (Lipinski definition) is 3. The Labute approximate surface area is 102 Å². The first-order chi connectivity index (χ1) is 7.95. The Morgan fingerprint density at radius 2 is 1.82 bits per heavy atom. The van der Waals surface area contributed by atoms with E-state index in [-0.39, 0.29) is 24.0 Å². The van der Waals surface area contributed by atoms with Crippen LogP contribution >= 0.6 is 0 Å². The second-order valence-corrected chi connectivity index (χ2v) is 4.73. The first kappa shape index (κ1) is 13.8. The predicted molar refractivity (Wildman–Crippen MR) is 62.8 cm³/mol. The van der Waals surface area contributed by atoms with Gasteiger partial charge in [-0.1, -0.05) is 0 Å². The number of esters is 1. The number of rotatable bonds is 3. The second-order valence-electron chi connectivity index (χ2n) is 4.73. The molecule has 1 fully saturated rings. The van der Waals surface area contributed by atoms with Gasteiger partial charge in [0.25, 0.3) is 0 Å². The Balaban J connectivity index is 2.53. The standard InChI is InChI=1S/C12H21NO4/c1-4-17-11(14)7-10-5-8(2)13(12(15)16)9(3)6-10/h8-10H,4-7H2,1-3H3,(H,15,16). The van der Waals surface area contributed by atoms with Gasteiger partial charge in [-0.2, -0.15) is 0 Å². The van der Waals surface area contributed by atoms with Crippen LogP contribution < -0.4 is 0 Å². The molecule has 0 aliphatic carbocycles. The molecule has 1 saturated heterocycles. The van der Waals surface area contributed by atoms with Gasteiger partial charge in [-0.05, 0) is 39.5 Å². The molecule has 0 aromatic carbocycles. The number of ether oxygens (including phenoxy) is 1. The number of nitrogens with zero attached hydrogens (tertiary/aromatic N) is 1. The molecule has 5 heteroatoms. The van der Waals surface area contributed by atoms with Gasteiger partial charge >= 0.3 is 12.1 Å². The molecule has 0 saturated carbocycles. The van der Waals surface area contributed by atoms with E-state index in [4.69, 9.17) is 9.84 Å². The predicted octanol–water partition coefficient (Wildman–Crippen LogP) is 2.11. The van der Waals surface area contributed by atoms with E-state index in [1.165, 1.54) is 4.90 Å². The number of piperidine rings is 1. The van der Waals surface area contributed by atoms with Crippen molar-refractivity contribution < 1.29 is 19.4 Å². The number of amides is 1. The van der Waals surface area contributed by atoms with Crippen LogP contribution in [-0.4, -0.2) is 40.8 Å². The van der Waals surface area contributed by atoms with Crippen LogP contribution in [0, 0.1) is 5.92 Å². The molecule has 1 N–H and O–H groups in total. The Bertz CT molecular complexity index is 280. The monoisotopic (exact) mass is 243 g/mol. The summed E-state index contributed by atoms with van der Waals surface area (Å²) in [6.45, 7) is 5.97. The molecule has 0 spiro atoms. The molecule has 0 radical (unpaired) electrons. The van der Waals surface area contributed by atoms with Crippen LogP contribution in [0.2, 0.25) is 0 Å². The highest BCUT2D eigenvalue weighted by atomic mass is 16.5. The topological polar surface area (TPSA) is 66.8 Å². The molecular formula is C12H21NO4. The molecule has 1 amide bonds. The smallest absolute Gasteiger partial charge is 0.407 e. The molecule has 1 aliphatic rings. The van der Waals surface area contributed by atoms with Crippen LogP contribution in [-0.2, 0) is 9.53 Å². The zero-order valence-electron chi connectivity index (χ0n) is 10.7. The van der Waals surface area contributed by atoms with Crippen LogP contribution in [0.1, 0.15) is 40.0 Å². The third-order valence-electron chi connectivity index (χ3n) is 3.28. The van der Waals surface area contributed by atoms with Crippen molar-refractivity contribution >= 4 is 12.1 Å². The summed E-state index contributed by atoms with van der Waals surface area (Å²) in [5, 5.41) is 9.07. The Morgan fingerprint density at radius 1 is 1.29 bits per heavy atom. The van der Waals surface area contributed by atoms with Crippen molar-refractivity contribution in [1.29, 1.82) is 0 Å². The lowest BCUT2D eigenvalue weighted by Crippen LogP contribution is -2.49. The minimum absolute atomic E-state index is 0.0318. The van der Waals surface area contributed by atoms with Gasteiger partial charge in [-0.25, -0.2) is 4.79 Å². The largest absolute Gasteiger partial charge is 0.466 e. The zero-order chi connectivity index (χ0) is 13.0. The van der Waals surface area contributed by atoms with Crippen molar-refractivity contribution in [2.75, 3.05) is 6.61 Å². The molecule has 0 aromatic rings. The lowest BCUT2D eigenvalue weighted by atomic mass is 9.85. The molecule has 2 atom stereocenters. The quantitative estimate of drug-likeness (QED) is 0.771. The van der Waals surface area contributed by atoms with E-state index in [1.54, 1.807) is 6.92 Å². The fourth-order valence-electron chi connectivity index (χ4n) is 2.72. The van der Waals surface area contributed by atoms with Crippen molar-refractivity contribution in [3.63, 3.8) is 0 Å². The summed E-state index contributed by atoms with van der Waals surface area (Å²) in [4.78, 5) is 23.9. The van der Waals surface area contributed by atoms with E-state index in [0.717, 1.165) is 12.8 Å². The zero-order valence-corrected chi connectivity index (χ0v) is 10.7. The molecule has 1 aliphatic heterocycles. The maximum atomic E-state index is 11.4. The van der Waals surface area contributed by atoms with E-state index in [9.17, 15) is 9.59 Å². The fraction of sp³-hybridized carbons (Fsp3) is 0.833. The second kappa shape index (κ2) is 5.89. The average molecular weight is 243 g/mol. The number of carboxylic acid groups (broad SMARTS) is 1. The van der Waals surface area contributed by atoms with E-state index in [1.807, 2.05) is 13.8 Å². The van der Waals surface area contributed by atoms with E-state index in [0.29, 0.717) is 13.0 Å². The highest BCUT2D eigenvalue weighted by molar-refractivity contribution is 5.70. The maximum Gasteiger partial charge on any atom is 0.407 e. The summed E-state index contributed by atoms with van der Waals surface area (Å²) >= 11 is 0. The number of hydrogen-bond donors (Lipinski definition) is 1. The van der Waals surface area contributed by atoms with Crippen molar-refractivity contribution in [1.82, 2.24) is 4.90 Å². The molecule has 0 aromatic heterocycles. The van der Waals surface area contributed by atoms with Gasteiger partial charge in [0.2, 0.25) is 0 Å². The van der Waals surface area contributed by atoms with Gasteiger partial charge in [0.1, 0.15) is 0 Å². The van der Waals surface area contributed by atoms with Gasteiger partial charge in [0, 0.05) is 18.5 Å². The minimum atomic E-state index is -0.875. The summed E-state index contributed by atoms with van der Waals surface area (Å²) in [6, 6.07) is -0.0636. The van der Waals surface area contributed by atoms with E-state index >= 15 is 0 Å². The van der Waals surface area contributed by atoms with Gasteiger partial charge in [0.15, 0.2) is 0 Å². The van der Waals surface area contributed by atoms with Gasteiger partial charge in [-0.15, -0.1) is 0 Å². The molecule has 2 unspecified atom stereocenters. The number of carbonyl (C=O) groups excluding carboxylic acids is 1. The molecule has 98 valence electrons. The molecule has 0 bridgehead atoms. The highest BCUT2D eigenvalue weighted by Crippen LogP contribution is 2.30. The van der Waals surface area contributed by atoms with Crippen LogP contribution in [0.15, 0.2) is 0 Å². The summed E-state index contributed by atoms with van der Waals surface area (Å²) in [7, 11) is 0. The Morgan fingerprint density at radius 3 is 2.24 bits per heavy atom. The van der Waals surface area contributed by atoms with Crippen molar-refractivity contribution in [3.05, 3.63) is 0 Å². The molecule has 1 rings (SSSR count). The van der Waals surface area contributed by atoms with Gasteiger partial charge in [0.05, 0.1) is 6.61 Å². The number of carbonyl (C=O) groups is 2. The van der Waals surface area contributed by atoms with Crippen molar-refractivity contribution in [2.45, 2.75) is 52.1 Å². The van der Waals surface area contributed by atoms with Crippen molar-refractivity contribution in [3.8, 4) is 0 Å². The fourth-order valence-corrected chi connectivity index (χ4v) is 2.72. The molecule has 17 heavy (non-hydrogen) atoms. The van der Waals surface area contributed by atoms with Crippen LogP contribution in [0.3, 0.4) is 0 Å². The van der Waals surface area contributed by atoms with Crippen LogP contribution in [0.5, 0.6) is 0 Å². The maximum absolute atomic E-state index is 11.4. The summed E-state index contributed by atoms with van der Waals surface area (Å²) in [6.07, 6.45) is 0.987. The first-order valence-electron chi connectivity index (χ1n) is 6.12. The lowest BCUT2D eigenvalue weighted by Gasteiger charge is -2.40. The van der Waals surface area contributed by atoms with Gasteiger partial charge < -0.3 is 14.7 Å². The van der Waals surface area contributed by atoms with Crippen LogP contribution in [0.4, 0.5) is 4.79 Å². The third-order valence-corrected chi connectivity index (χ3v) is 3.28. The van der Waals surface area contributed by atoms with Gasteiger partial charge in [-0.3, -0.25) is 4.79 Å². The van der Waals surface area contributed by atoms with E-state index < -0.39 is 6.09 Å². The SMILES string of the molecule is CCOC(=O)CC1CC(C)N(C(=O)O)C(C)C1. The summed E-state index contributed by atoms with van der Waals surface area (Å²) < 4.78 is 4.92. The average Bonchev–Trinajstić information content (AvgIpc) is 2.15. The Hall–Kier alpha value is -1.26. The van der Waals surface area contributed by atoms with Crippen LogP contribution in [0.25, 0.3) is 0 Å². The Kier molecular flexibility index (Phi) is 4.78. The summed E-state index contributed by atoms with van der Waals surface area (Å²) in [5.41, 5.74) is 0. The third kappa shape index (κ3) is 3.61.